The second-order valence-electron chi connectivity index (χ2n) is 7.63. The fourth-order valence-corrected chi connectivity index (χ4v) is 4.56. The quantitative estimate of drug-likeness (QED) is 0.322. The van der Waals surface area contributed by atoms with Crippen molar-refractivity contribution in [3.05, 3.63) is 70.7 Å². The van der Waals surface area contributed by atoms with Crippen LogP contribution in [0.25, 0.3) is 0 Å². The molecule has 3 rings (SSSR count). The lowest BCUT2D eigenvalue weighted by atomic mass is 10.1. The summed E-state index contributed by atoms with van der Waals surface area (Å²) in [5.41, 5.74) is 0.512. The van der Waals surface area contributed by atoms with Crippen molar-refractivity contribution in [2.75, 3.05) is 25.5 Å². The molecule has 3 N–H and O–H groups in total. The fourth-order valence-electron chi connectivity index (χ4n) is 3.37. The molecule has 0 bridgehead atoms. The number of carboxylic acids is 1. The molecule has 0 fully saturated rings. The SMILES string of the molecule is CCNC(=O)c1ccc(Oc2cc(CC(=O)O)cc(OC)c2OC)c(NS(=O)(=O)c2ccc(Cl)cc2)c1. The molecule has 0 saturated carbocycles. The number of rotatable bonds is 11. The Bertz CT molecular complexity index is 1410. The van der Waals surface area contributed by atoms with Gasteiger partial charge in [-0.2, -0.15) is 0 Å². The molecule has 0 spiro atoms. The molecule has 1 amide bonds. The van der Waals surface area contributed by atoms with E-state index in [4.69, 9.17) is 25.8 Å². The highest BCUT2D eigenvalue weighted by Crippen LogP contribution is 2.43. The van der Waals surface area contributed by atoms with Gasteiger partial charge in [0.15, 0.2) is 17.2 Å². The zero-order valence-electron chi connectivity index (χ0n) is 20.2. The van der Waals surface area contributed by atoms with Crippen molar-refractivity contribution in [3.63, 3.8) is 0 Å². The van der Waals surface area contributed by atoms with E-state index in [0.717, 1.165) is 0 Å². The van der Waals surface area contributed by atoms with Gasteiger partial charge in [-0.05, 0) is 67.1 Å². The Morgan fingerprint density at radius 2 is 1.62 bits per heavy atom. The van der Waals surface area contributed by atoms with E-state index < -0.39 is 21.9 Å². The van der Waals surface area contributed by atoms with Crippen molar-refractivity contribution in [3.8, 4) is 23.0 Å². The molecule has 0 atom stereocenters. The smallest absolute Gasteiger partial charge is 0.307 e. The first kappa shape index (κ1) is 27.6. The van der Waals surface area contributed by atoms with E-state index in [0.29, 0.717) is 17.1 Å². The maximum atomic E-state index is 13.1. The highest BCUT2D eigenvalue weighted by molar-refractivity contribution is 7.92. The Labute approximate surface area is 219 Å². The molecule has 0 heterocycles. The number of carbonyl (C=O) groups is 2. The van der Waals surface area contributed by atoms with Crippen LogP contribution in [0.3, 0.4) is 0 Å². The van der Waals surface area contributed by atoms with Crippen molar-refractivity contribution in [1.29, 1.82) is 0 Å². The van der Waals surface area contributed by atoms with Crippen molar-refractivity contribution in [2.45, 2.75) is 18.2 Å². The average Bonchev–Trinajstić information content (AvgIpc) is 2.84. The van der Waals surface area contributed by atoms with E-state index in [1.807, 2.05) is 0 Å². The molecule has 196 valence electrons. The van der Waals surface area contributed by atoms with Crippen molar-refractivity contribution >= 4 is 39.2 Å². The normalized spacial score (nSPS) is 10.9. The molecule has 3 aromatic carbocycles. The lowest BCUT2D eigenvalue weighted by molar-refractivity contribution is -0.136. The van der Waals surface area contributed by atoms with Crippen molar-refractivity contribution in [1.82, 2.24) is 5.32 Å². The van der Waals surface area contributed by atoms with Gasteiger partial charge in [0.25, 0.3) is 15.9 Å². The molecule has 0 aliphatic heterocycles. The molecule has 0 aliphatic carbocycles. The monoisotopic (exact) mass is 548 g/mol. The highest BCUT2D eigenvalue weighted by Gasteiger charge is 2.21. The molecule has 0 saturated heterocycles. The number of anilines is 1. The second-order valence-corrected chi connectivity index (χ2v) is 9.75. The maximum absolute atomic E-state index is 13.1. The summed E-state index contributed by atoms with van der Waals surface area (Å²) in [5.74, 6) is -0.992. The third kappa shape index (κ3) is 6.83. The predicted molar refractivity (Wildman–Crippen MR) is 138 cm³/mol. The number of aliphatic carboxylic acids is 1. The zero-order chi connectivity index (χ0) is 27.2. The fraction of sp³-hybridized carbons (Fsp3) is 0.200. The second kappa shape index (κ2) is 11.8. The summed E-state index contributed by atoms with van der Waals surface area (Å²) >= 11 is 5.88. The summed E-state index contributed by atoms with van der Waals surface area (Å²) in [6.07, 6.45) is -0.317. The minimum absolute atomic E-state index is 0.0263. The van der Waals surface area contributed by atoms with Crippen LogP contribution in [-0.2, 0) is 21.2 Å². The number of amides is 1. The summed E-state index contributed by atoms with van der Waals surface area (Å²) in [6, 6.07) is 12.7. The van der Waals surface area contributed by atoms with Crippen molar-refractivity contribution < 1.29 is 37.3 Å². The van der Waals surface area contributed by atoms with E-state index in [1.54, 1.807) is 6.92 Å². The molecule has 0 aliphatic rings. The first-order chi connectivity index (χ1) is 17.6. The van der Waals surface area contributed by atoms with E-state index in [9.17, 15) is 23.1 Å². The van der Waals surface area contributed by atoms with E-state index in [-0.39, 0.29) is 45.6 Å². The maximum Gasteiger partial charge on any atom is 0.307 e. The number of nitrogens with one attached hydrogen (secondary N) is 2. The van der Waals surface area contributed by atoms with Gasteiger partial charge in [0.2, 0.25) is 5.75 Å². The van der Waals surface area contributed by atoms with Crippen LogP contribution in [0, 0.1) is 0 Å². The molecular formula is C25H25ClN2O8S. The van der Waals surface area contributed by atoms with Crippen LogP contribution >= 0.6 is 11.6 Å². The number of carboxylic acid groups (broad SMARTS) is 1. The standard InChI is InChI=1S/C25H25ClN2O8S/c1-4-27-25(31)16-5-10-20(19(14-16)28-37(32,33)18-8-6-17(26)7-9-18)36-22-12-15(13-23(29)30)11-21(34-2)24(22)35-3/h5-12,14,28H,4,13H2,1-3H3,(H,27,31)(H,29,30). The van der Waals surface area contributed by atoms with E-state index in [2.05, 4.69) is 10.0 Å². The van der Waals surface area contributed by atoms with Gasteiger partial charge in [0.1, 0.15) is 0 Å². The number of ether oxygens (including phenoxy) is 3. The molecule has 0 unspecified atom stereocenters. The van der Waals surface area contributed by atoms with E-state index in [1.165, 1.54) is 68.8 Å². The Hall–Kier alpha value is -3.96. The molecule has 0 radical (unpaired) electrons. The van der Waals surface area contributed by atoms with Crippen LogP contribution in [0.2, 0.25) is 5.02 Å². The van der Waals surface area contributed by atoms with Crippen LogP contribution < -0.4 is 24.2 Å². The highest BCUT2D eigenvalue weighted by atomic mass is 35.5. The Morgan fingerprint density at radius 1 is 0.946 bits per heavy atom. The van der Waals surface area contributed by atoms with Crippen molar-refractivity contribution in [2.24, 2.45) is 0 Å². The average molecular weight is 549 g/mol. The predicted octanol–water partition coefficient (Wildman–Crippen LogP) is 4.33. The van der Waals surface area contributed by atoms with Gasteiger partial charge < -0.3 is 24.6 Å². The number of sulfonamides is 1. The molecule has 10 nitrogen and oxygen atoms in total. The van der Waals surface area contributed by atoms with Gasteiger partial charge in [-0.15, -0.1) is 0 Å². The number of hydrogen-bond donors (Lipinski definition) is 3. The van der Waals surface area contributed by atoms with Gasteiger partial charge in [0, 0.05) is 17.1 Å². The lowest BCUT2D eigenvalue weighted by Crippen LogP contribution is -2.23. The first-order valence-corrected chi connectivity index (χ1v) is 12.8. The van der Waals surface area contributed by atoms with Crippen LogP contribution in [0.15, 0.2) is 59.5 Å². The molecule has 3 aromatic rings. The number of methoxy groups -OCH3 is 2. The molecule has 12 heteroatoms. The minimum Gasteiger partial charge on any atom is -0.493 e. The Morgan fingerprint density at radius 3 is 2.22 bits per heavy atom. The number of hydrogen-bond acceptors (Lipinski definition) is 7. The molecule has 0 aromatic heterocycles. The summed E-state index contributed by atoms with van der Waals surface area (Å²) < 4.78 is 45.4. The Kier molecular flexibility index (Phi) is 8.85. The number of benzene rings is 3. The summed E-state index contributed by atoms with van der Waals surface area (Å²) in [6.45, 7) is 2.12. The van der Waals surface area contributed by atoms with Gasteiger partial charge in [0.05, 0.1) is 31.2 Å². The van der Waals surface area contributed by atoms with E-state index >= 15 is 0 Å². The number of carbonyl (C=O) groups excluding carboxylic acids is 1. The van der Waals surface area contributed by atoms with Gasteiger partial charge >= 0.3 is 5.97 Å². The van der Waals surface area contributed by atoms with Crippen LogP contribution in [0.1, 0.15) is 22.8 Å². The molecule has 37 heavy (non-hydrogen) atoms. The first-order valence-electron chi connectivity index (χ1n) is 10.9. The largest absolute Gasteiger partial charge is 0.493 e. The van der Waals surface area contributed by atoms with Gasteiger partial charge in [-0.25, -0.2) is 8.42 Å². The van der Waals surface area contributed by atoms with Crippen LogP contribution in [0.5, 0.6) is 23.0 Å². The van der Waals surface area contributed by atoms with Crippen LogP contribution in [0.4, 0.5) is 5.69 Å². The van der Waals surface area contributed by atoms with Gasteiger partial charge in [-0.3, -0.25) is 14.3 Å². The van der Waals surface area contributed by atoms with Gasteiger partial charge in [-0.1, -0.05) is 11.6 Å². The summed E-state index contributed by atoms with van der Waals surface area (Å²) in [4.78, 5) is 23.7. The topological polar surface area (TPSA) is 140 Å². The summed E-state index contributed by atoms with van der Waals surface area (Å²) in [7, 11) is -1.34. The lowest BCUT2D eigenvalue weighted by Gasteiger charge is -2.18. The summed E-state index contributed by atoms with van der Waals surface area (Å²) in [5, 5.41) is 12.2. The third-order valence-corrected chi connectivity index (χ3v) is 6.66. The number of halogens is 1. The molecular weight excluding hydrogens is 524 g/mol. The minimum atomic E-state index is -4.11. The van der Waals surface area contributed by atoms with Crippen LogP contribution in [-0.4, -0.2) is 46.2 Å². The third-order valence-electron chi connectivity index (χ3n) is 5.03. The zero-order valence-corrected chi connectivity index (χ0v) is 21.8. The Balaban J connectivity index is 2.11.